The molecule has 0 unspecified atom stereocenters. The predicted octanol–water partition coefficient (Wildman–Crippen LogP) is 3.18. The van der Waals surface area contributed by atoms with E-state index in [0.717, 1.165) is 25.8 Å². The van der Waals surface area contributed by atoms with Gasteiger partial charge < -0.3 is 25.5 Å². The molecule has 0 radical (unpaired) electrons. The normalized spacial score (nSPS) is 10.5. The third kappa shape index (κ3) is 6.19. The lowest BCUT2D eigenvalue weighted by Crippen LogP contribution is -2.29. The van der Waals surface area contributed by atoms with Crippen LogP contribution >= 0.6 is 11.6 Å². The van der Waals surface area contributed by atoms with Crippen molar-refractivity contribution in [2.24, 2.45) is 0 Å². The second-order valence-corrected chi connectivity index (χ2v) is 5.84. The fourth-order valence-electron chi connectivity index (χ4n) is 2.21. The number of H-pyrrole nitrogens is 1. The van der Waals surface area contributed by atoms with Crippen LogP contribution in [-0.4, -0.2) is 40.7 Å². The number of phenols is 1. The number of hydrogen-bond acceptors (Lipinski definition) is 5. The fraction of sp³-hybridized carbons (Fsp3) is 0.412. The molecule has 0 atom stereocenters. The summed E-state index contributed by atoms with van der Waals surface area (Å²) in [4.78, 5) is 19.1. The maximum absolute atomic E-state index is 12.3. The lowest BCUT2D eigenvalue weighted by molar-refractivity contribution is 0.0943. The summed E-state index contributed by atoms with van der Waals surface area (Å²) in [6.45, 7) is 3.44. The lowest BCUT2D eigenvalue weighted by atomic mass is 10.2. The van der Waals surface area contributed by atoms with Crippen molar-refractivity contribution in [1.29, 1.82) is 0 Å². The van der Waals surface area contributed by atoms with Gasteiger partial charge in [0.05, 0.1) is 6.54 Å². The molecule has 0 spiro atoms. The quantitative estimate of drug-likeness (QED) is 0.484. The van der Waals surface area contributed by atoms with E-state index in [1.54, 1.807) is 18.2 Å². The minimum Gasteiger partial charge on any atom is -0.508 e. The number of imidazole rings is 1. The van der Waals surface area contributed by atoms with Crippen LogP contribution in [0.3, 0.4) is 0 Å². The van der Waals surface area contributed by atoms with Crippen molar-refractivity contribution in [3.63, 3.8) is 0 Å². The second kappa shape index (κ2) is 9.78. The summed E-state index contributed by atoms with van der Waals surface area (Å²) in [5.74, 6) is 0.814. The zero-order valence-electron chi connectivity index (χ0n) is 14.1. The third-order valence-electron chi connectivity index (χ3n) is 3.45. The summed E-state index contributed by atoms with van der Waals surface area (Å²) in [6, 6.07) is 6.49. The maximum atomic E-state index is 12.3. The van der Waals surface area contributed by atoms with Crippen LogP contribution in [-0.2, 0) is 0 Å². The summed E-state index contributed by atoms with van der Waals surface area (Å²) < 4.78 is 5.46. The molecule has 1 amide bonds. The number of hydrogen-bond donors (Lipinski definition) is 4. The smallest absolute Gasteiger partial charge is 0.271 e. The zero-order valence-corrected chi connectivity index (χ0v) is 14.9. The van der Waals surface area contributed by atoms with Gasteiger partial charge >= 0.3 is 0 Å². The van der Waals surface area contributed by atoms with Gasteiger partial charge in [0, 0.05) is 12.6 Å². The van der Waals surface area contributed by atoms with Crippen LogP contribution in [0.4, 0.5) is 5.82 Å². The molecule has 25 heavy (non-hydrogen) atoms. The molecule has 0 aliphatic heterocycles. The van der Waals surface area contributed by atoms with Crippen LogP contribution in [0.25, 0.3) is 0 Å². The van der Waals surface area contributed by atoms with Gasteiger partial charge in [-0.3, -0.25) is 4.79 Å². The lowest BCUT2D eigenvalue weighted by Gasteiger charge is -2.09. The number of phenolic OH excluding ortho intramolecular Hbond substituents is 1. The van der Waals surface area contributed by atoms with E-state index in [4.69, 9.17) is 16.3 Å². The minimum absolute atomic E-state index is 0.132. The Hall–Kier alpha value is -2.41. The minimum atomic E-state index is -0.308. The number of aromatic hydroxyl groups is 1. The van der Waals surface area contributed by atoms with Crippen LogP contribution in [0.2, 0.25) is 5.28 Å². The number of carbonyl (C=O) groups excluding carboxylic acids is 1. The first-order valence-electron chi connectivity index (χ1n) is 8.29. The van der Waals surface area contributed by atoms with Crippen molar-refractivity contribution in [3.05, 3.63) is 35.2 Å². The summed E-state index contributed by atoms with van der Waals surface area (Å²) in [5, 5.41) is 15.4. The van der Waals surface area contributed by atoms with E-state index in [9.17, 15) is 9.90 Å². The molecule has 8 heteroatoms. The van der Waals surface area contributed by atoms with Crippen molar-refractivity contribution >= 4 is 23.3 Å². The Morgan fingerprint density at radius 3 is 2.96 bits per heavy atom. The Bertz CT molecular complexity index is 690. The van der Waals surface area contributed by atoms with E-state index in [1.165, 1.54) is 6.07 Å². The average Bonchev–Trinajstić information content (AvgIpc) is 2.96. The highest BCUT2D eigenvalue weighted by Crippen LogP contribution is 2.18. The second-order valence-electron chi connectivity index (χ2n) is 5.49. The van der Waals surface area contributed by atoms with E-state index in [0.29, 0.717) is 23.8 Å². The Balaban J connectivity index is 1.80. The maximum Gasteiger partial charge on any atom is 0.271 e. The molecule has 0 aliphatic carbocycles. The number of nitrogens with one attached hydrogen (secondary N) is 3. The highest BCUT2D eigenvalue weighted by Gasteiger charge is 2.16. The van der Waals surface area contributed by atoms with Gasteiger partial charge in [0.1, 0.15) is 23.8 Å². The summed E-state index contributed by atoms with van der Waals surface area (Å²) in [6.07, 6.45) is 3.23. The highest BCUT2D eigenvalue weighted by atomic mass is 35.5. The number of aromatic nitrogens is 2. The Morgan fingerprint density at radius 2 is 2.20 bits per heavy atom. The van der Waals surface area contributed by atoms with Gasteiger partial charge in [0.15, 0.2) is 5.82 Å². The van der Waals surface area contributed by atoms with E-state index < -0.39 is 0 Å². The first kappa shape index (κ1) is 18.9. The highest BCUT2D eigenvalue weighted by molar-refractivity contribution is 6.28. The van der Waals surface area contributed by atoms with Crippen molar-refractivity contribution < 1.29 is 14.6 Å². The van der Waals surface area contributed by atoms with Crippen LogP contribution in [0.1, 0.15) is 36.7 Å². The van der Waals surface area contributed by atoms with Crippen LogP contribution in [0, 0.1) is 0 Å². The molecular formula is C17H23ClN4O3. The number of carbonyl (C=O) groups is 1. The Labute approximate surface area is 151 Å². The van der Waals surface area contributed by atoms with Gasteiger partial charge in [-0.25, -0.2) is 4.98 Å². The molecule has 1 aromatic heterocycles. The monoisotopic (exact) mass is 366 g/mol. The molecule has 2 rings (SSSR count). The molecule has 1 heterocycles. The summed E-state index contributed by atoms with van der Waals surface area (Å²) in [5.41, 5.74) is 0.304. The van der Waals surface area contributed by atoms with Gasteiger partial charge in [-0.15, -0.1) is 0 Å². The molecule has 0 fully saturated rings. The van der Waals surface area contributed by atoms with E-state index in [1.807, 2.05) is 0 Å². The van der Waals surface area contributed by atoms with Crippen LogP contribution in [0.15, 0.2) is 24.3 Å². The molecule has 1 aromatic carbocycles. The number of benzene rings is 1. The number of aromatic amines is 1. The van der Waals surface area contributed by atoms with E-state index in [2.05, 4.69) is 27.5 Å². The SMILES string of the molecule is CCCCCNc1nc(Cl)[nH]c1C(=O)NCCOc1cccc(O)c1. The third-order valence-corrected chi connectivity index (χ3v) is 3.63. The van der Waals surface area contributed by atoms with Gasteiger partial charge in [-0.2, -0.15) is 0 Å². The van der Waals surface area contributed by atoms with Gasteiger partial charge in [-0.1, -0.05) is 25.8 Å². The molecule has 7 nitrogen and oxygen atoms in total. The van der Waals surface area contributed by atoms with Gasteiger partial charge in [-0.05, 0) is 30.2 Å². The topological polar surface area (TPSA) is 99.3 Å². The number of anilines is 1. The number of unbranched alkanes of at least 4 members (excludes halogenated alkanes) is 2. The van der Waals surface area contributed by atoms with Crippen LogP contribution < -0.4 is 15.4 Å². The number of halogens is 1. The van der Waals surface area contributed by atoms with Gasteiger partial charge in [0.2, 0.25) is 5.28 Å². The Morgan fingerprint density at radius 1 is 1.36 bits per heavy atom. The number of nitrogens with zero attached hydrogens (tertiary/aromatic N) is 1. The molecular weight excluding hydrogens is 344 g/mol. The molecule has 2 aromatic rings. The van der Waals surface area contributed by atoms with E-state index in [-0.39, 0.29) is 23.5 Å². The standard InChI is InChI=1S/C17H23ClN4O3/c1-2-3-4-8-19-15-14(21-17(18)22-15)16(24)20-9-10-25-13-7-5-6-12(23)11-13/h5-7,11,19,23H,2-4,8-10H2,1H3,(H,20,24)(H,21,22). The van der Waals surface area contributed by atoms with E-state index >= 15 is 0 Å². The predicted molar refractivity (Wildman–Crippen MR) is 97.5 cm³/mol. The summed E-state index contributed by atoms with van der Waals surface area (Å²) >= 11 is 5.87. The number of ether oxygens (including phenoxy) is 1. The van der Waals surface area contributed by atoms with Crippen LogP contribution in [0.5, 0.6) is 11.5 Å². The zero-order chi connectivity index (χ0) is 18.1. The first-order chi connectivity index (χ1) is 12.1. The largest absolute Gasteiger partial charge is 0.508 e. The van der Waals surface area contributed by atoms with Crippen molar-refractivity contribution in [2.45, 2.75) is 26.2 Å². The van der Waals surface area contributed by atoms with Crippen molar-refractivity contribution in [1.82, 2.24) is 15.3 Å². The molecule has 0 saturated carbocycles. The molecule has 136 valence electrons. The first-order valence-corrected chi connectivity index (χ1v) is 8.67. The molecule has 0 saturated heterocycles. The van der Waals surface area contributed by atoms with Crippen molar-refractivity contribution in [2.75, 3.05) is 25.0 Å². The molecule has 4 N–H and O–H groups in total. The average molecular weight is 367 g/mol. The molecule has 0 bridgehead atoms. The summed E-state index contributed by atoms with van der Waals surface area (Å²) in [7, 11) is 0. The van der Waals surface area contributed by atoms with Gasteiger partial charge in [0.25, 0.3) is 5.91 Å². The number of amides is 1. The fourth-order valence-corrected chi connectivity index (χ4v) is 2.39. The number of rotatable bonds is 10. The molecule has 0 aliphatic rings. The Kier molecular flexibility index (Phi) is 7.40. The van der Waals surface area contributed by atoms with Crippen molar-refractivity contribution in [3.8, 4) is 11.5 Å².